The Morgan fingerprint density at radius 2 is 2.20 bits per heavy atom. The number of carbonyl (C=O) groups is 1. The van der Waals surface area contributed by atoms with Gasteiger partial charge in [0.1, 0.15) is 11.5 Å². The van der Waals surface area contributed by atoms with Crippen molar-refractivity contribution in [2.24, 2.45) is 0 Å². The number of alkyl halides is 1. The number of benzene rings is 1. The summed E-state index contributed by atoms with van der Waals surface area (Å²) >= 11 is 5.89. The van der Waals surface area contributed by atoms with Gasteiger partial charge in [-0.15, -0.1) is 11.6 Å². The van der Waals surface area contributed by atoms with E-state index in [0.29, 0.717) is 29.5 Å². The first-order chi connectivity index (χ1) is 9.65. The molecule has 5 heteroatoms. The Hall–Kier alpha value is -1.94. The van der Waals surface area contributed by atoms with Crippen LogP contribution in [0.15, 0.2) is 34.9 Å². The van der Waals surface area contributed by atoms with Gasteiger partial charge in [-0.3, -0.25) is 4.79 Å². The number of nitrogens with one attached hydrogen (secondary N) is 1. The predicted octanol–water partition coefficient (Wildman–Crippen LogP) is 3.98. The van der Waals surface area contributed by atoms with Gasteiger partial charge in [-0.25, -0.2) is 0 Å². The third kappa shape index (κ3) is 3.14. The van der Waals surface area contributed by atoms with E-state index in [4.69, 9.17) is 20.8 Å². The highest BCUT2D eigenvalue weighted by molar-refractivity contribution is 6.17. The summed E-state index contributed by atoms with van der Waals surface area (Å²) in [4.78, 5) is 12.1. The van der Waals surface area contributed by atoms with Gasteiger partial charge in [0, 0.05) is 11.3 Å². The summed E-state index contributed by atoms with van der Waals surface area (Å²) in [6.07, 6.45) is 1.49. The summed E-state index contributed by atoms with van der Waals surface area (Å²) in [6.45, 7) is 4.23. The fourth-order valence-electron chi connectivity index (χ4n) is 1.88. The molecule has 0 fully saturated rings. The van der Waals surface area contributed by atoms with Gasteiger partial charge >= 0.3 is 0 Å². The smallest absolute Gasteiger partial charge is 0.259 e. The molecular weight excluding hydrogens is 278 g/mol. The molecule has 0 aliphatic rings. The zero-order valence-electron chi connectivity index (χ0n) is 11.4. The van der Waals surface area contributed by atoms with E-state index in [2.05, 4.69) is 5.32 Å². The Morgan fingerprint density at radius 3 is 2.80 bits per heavy atom. The summed E-state index contributed by atoms with van der Waals surface area (Å²) < 4.78 is 10.6. The summed E-state index contributed by atoms with van der Waals surface area (Å²) in [5.74, 6) is 1.44. The molecule has 20 heavy (non-hydrogen) atoms. The minimum Gasteiger partial charge on any atom is -0.494 e. The fraction of sp³-hybridized carbons (Fsp3) is 0.267. The molecule has 1 aromatic carbocycles. The normalized spacial score (nSPS) is 10.3. The molecule has 0 saturated heterocycles. The van der Waals surface area contributed by atoms with Crippen LogP contribution in [0.5, 0.6) is 5.75 Å². The molecule has 1 amide bonds. The van der Waals surface area contributed by atoms with E-state index in [1.54, 1.807) is 25.1 Å². The fourth-order valence-corrected chi connectivity index (χ4v) is 2.09. The lowest BCUT2D eigenvalue weighted by atomic mass is 10.2. The summed E-state index contributed by atoms with van der Waals surface area (Å²) in [5, 5.41) is 2.82. The van der Waals surface area contributed by atoms with Crippen LogP contribution in [-0.4, -0.2) is 12.5 Å². The van der Waals surface area contributed by atoms with Crippen LogP contribution in [0.4, 0.5) is 5.69 Å². The summed E-state index contributed by atoms with van der Waals surface area (Å²) in [6, 6.07) is 7.04. The Morgan fingerprint density at radius 1 is 1.40 bits per heavy atom. The third-order valence-electron chi connectivity index (χ3n) is 2.87. The Bertz CT molecular complexity index is 607. The molecule has 0 atom stereocenters. The van der Waals surface area contributed by atoms with Gasteiger partial charge in [0.2, 0.25) is 0 Å². The van der Waals surface area contributed by atoms with E-state index in [0.717, 1.165) is 11.3 Å². The molecule has 1 aromatic heterocycles. The van der Waals surface area contributed by atoms with Crippen molar-refractivity contribution in [1.29, 1.82) is 0 Å². The number of anilines is 1. The molecule has 2 aromatic rings. The molecule has 0 bridgehead atoms. The number of aryl methyl sites for hydroxylation is 1. The van der Waals surface area contributed by atoms with Gasteiger partial charge in [0.25, 0.3) is 5.91 Å². The van der Waals surface area contributed by atoms with Crippen molar-refractivity contribution in [3.8, 4) is 5.75 Å². The highest BCUT2D eigenvalue weighted by Crippen LogP contribution is 2.25. The molecule has 0 aliphatic carbocycles. The van der Waals surface area contributed by atoms with Crippen molar-refractivity contribution < 1.29 is 13.9 Å². The second kappa shape index (κ2) is 6.48. The minimum absolute atomic E-state index is 0.207. The van der Waals surface area contributed by atoms with E-state index in [-0.39, 0.29) is 5.91 Å². The first-order valence-corrected chi connectivity index (χ1v) is 6.86. The number of carbonyl (C=O) groups excluding carboxylic acids is 1. The molecule has 4 nitrogen and oxygen atoms in total. The maximum absolute atomic E-state index is 12.1. The molecule has 0 spiro atoms. The number of ether oxygens (including phenoxy) is 1. The number of halogens is 1. The van der Waals surface area contributed by atoms with E-state index < -0.39 is 0 Å². The molecular formula is C15H16ClNO3. The average Bonchev–Trinajstić information content (AvgIpc) is 2.87. The van der Waals surface area contributed by atoms with Crippen molar-refractivity contribution in [2.45, 2.75) is 19.7 Å². The zero-order valence-corrected chi connectivity index (χ0v) is 12.2. The summed E-state index contributed by atoms with van der Waals surface area (Å²) in [7, 11) is 0. The summed E-state index contributed by atoms with van der Waals surface area (Å²) in [5.41, 5.74) is 2.04. The number of furan rings is 1. The Balaban J connectivity index is 2.18. The van der Waals surface area contributed by atoms with Crippen LogP contribution in [-0.2, 0) is 5.88 Å². The lowest BCUT2D eigenvalue weighted by molar-refractivity contribution is 0.102. The van der Waals surface area contributed by atoms with Crippen molar-refractivity contribution in [1.82, 2.24) is 0 Å². The molecule has 2 rings (SSSR count). The standard InChI is InChI=1S/C15H16ClNO3/c1-3-19-14-5-4-12(8-11(14)9-16)17-15(18)13-6-7-20-10(13)2/h4-8H,3,9H2,1-2H3,(H,17,18). The number of hydrogen-bond acceptors (Lipinski definition) is 3. The number of hydrogen-bond donors (Lipinski definition) is 1. The highest BCUT2D eigenvalue weighted by Gasteiger charge is 2.12. The first kappa shape index (κ1) is 14.5. The van der Waals surface area contributed by atoms with Crippen LogP contribution >= 0.6 is 11.6 Å². The zero-order chi connectivity index (χ0) is 14.5. The van der Waals surface area contributed by atoms with Crippen LogP contribution < -0.4 is 10.1 Å². The topological polar surface area (TPSA) is 51.5 Å². The van der Waals surface area contributed by atoms with E-state index in [1.807, 2.05) is 13.0 Å². The minimum atomic E-state index is -0.207. The molecule has 1 N–H and O–H groups in total. The number of amides is 1. The van der Waals surface area contributed by atoms with E-state index in [9.17, 15) is 4.79 Å². The Labute approximate surface area is 122 Å². The van der Waals surface area contributed by atoms with Crippen LogP contribution in [0, 0.1) is 6.92 Å². The van der Waals surface area contributed by atoms with Crippen molar-refractivity contribution in [3.63, 3.8) is 0 Å². The van der Waals surface area contributed by atoms with Gasteiger partial charge in [-0.05, 0) is 38.1 Å². The van der Waals surface area contributed by atoms with Gasteiger partial charge in [-0.2, -0.15) is 0 Å². The monoisotopic (exact) mass is 293 g/mol. The molecule has 0 radical (unpaired) electrons. The molecule has 0 unspecified atom stereocenters. The lowest BCUT2D eigenvalue weighted by Gasteiger charge is -2.11. The van der Waals surface area contributed by atoms with Crippen LogP contribution in [0.25, 0.3) is 0 Å². The number of rotatable bonds is 5. The molecule has 106 valence electrons. The van der Waals surface area contributed by atoms with Crippen molar-refractivity contribution >= 4 is 23.2 Å². The second-order valence-corrected chi connectivity index (χ2v) is 4.50. The van der Waals surface area contributed by atoms with Crippen LogP contribution in [0.2, 0.25) is 0 Å². The maximum Gasteiger partial charge on any atom is 0.259 e. The first-order valence-electron chi connectivity index (χ1n) is 6.32. The van der Waals surface area contributed by atoms with Gasteiger partial charge < -0.3 is 14.5 Å². The highest BCUT2D eigenvalue weighted by atomic mass is 35.5. The molecule has 1 heterocycles. The average molecular weight is 294 g/mol. The largest absolute Gasteiger partial charge is 0.494 e. The van der Waals surface area contributed by atoms with E-state index in [1.165, 1.54) is 6.26 Å². The SMILES string of the molecule is CCOc1ccc(NC(=O)c2ccoc2C)cc1CCl. The predicted molar refractivity (Wildman–Crippen MR) is 78.6 cm³/mol. The second-order valence-electron chi connectivity index (χ2n) is 4.23. The van der Waals surface area contributed by atoms with Crippen molar-refractivity contribution in [3.05, 3.63) is 47.4 Å². The van der Waals surface area contributed by atoms with Crippen LogP contribution in [0.3, 0.4) is 0 Å². The van der Waals surface area contributed by atoms with Gasteiger partial charge in [0.15, 0.2) is 0 Å². The van der Waals surface area contributed by atoms with Gasteiger partial charge in [-0.1, -0.05) is 0 Å². The quantitative estimate of drug-likeness (QED) is 0.848. The Kier molecular flexibility index (Phi) is 4.69. The lowest BCUT2D eigenvalue weighted by Crippen LogP contribution is -2.12. The van der Waals surface area contributed by atoms with Gasteiger partial charge in [0.05, 0.1) is 24.3 Å². The third-order valence-corrected chi connectivity index (χ3v) is 3.15. The van der Waals surface area contributed by atoms with Crippen LogP contribution in [0.1, 0.15) is 28.6 Å². The van der Waals surface area contributed by atoms with E-state index >= 15 is 0 Å². The van der Waals surface area contributed by atoms with Crippen molar-refractivity contribution in [2.75, 3.05) is 11.9 Å². The maximum atomic E-state index is 12.1. The molecule has 0 aliphatic heterocycles. The molecule has 0 saturated carbocycles.